The molecule has 0 unspecified atom stereocenters. The maximum absolute atomic E-state index is 6.20. The summed E-state index contributed by atoms with van der Waals surface area (Å²) in [7, 11) is 1.64. The standard InChI is InChI=1S/C25H20N4O2S/c1-16-5-3-7-18(13-16)27-25-29-28-24(32-25)17-6-4-8-20(14-17)31-23-11-12-26-22-15-19(30-2)9-10-21(22)23/h3-15H,1-2H3,(H,27,29). The van der Waals surface area contributed by atoms with Gasteiger partial charge in [-0.25, -0.2) is 0 Å². The summed E-state index contributed by atoms with van der Waals surface area (Å²) in [5.41, 5.74) is 3.93. The number of hydrogen-bond acceptors (Lipinski definition) is 7. The summed E-state index contributed by atoms with van der Waals surface area (Å²) >= 11 is 1.50. The third-order valence-corrected chi connectivity index (χ3v) is 5.80. The lowest BCUT2D eigenvalue weighted by Gasteiger charge is -2.10. The smallest absolute Gasteiger partial charge is 0.210 e. The van der Waals surface area contributed by atoms with E-state index in [1.165, 1.54) is 16.9 Å². The van der Waals surface area contributed by atoms with Crippen molar-refractivity contribution in [2.24, 2.45) is 0 Å². The number of aromatic nitrogens is 3. The molecule has 32 heavy (non-hydrogen) atoms. The van der Waals surface area contributed by atoms with E-state index in [4.69, 9.17) is 9.47 Å². The number of rotatable bonds is 6. The van der Waals surface area contributed by atoms with Gasteiger partial charge in [0.2, 0.25) is 5.13 Å². The van der Waals surface area contributed by atoms with Crippen LogP contribution < -0.4 is 14.8 Å². The molecular weight excluding hydrogens is 420 g/mol. The van der Waals surface area contributed by atoms with Gasteiger partial charge in [0, 0.05) is 28.9 Å². The lowest BCUT2D eigenvalue weighted by atomic mass is 10.2. The molecule has 0 saturated heterocycles. The molecule has 1 N–H and O–H groups in total. The molecule has 2 heterocycles. The Balaban J connectivity index is 1.39. The molecule has 0 bridgehead atoms. The van der Waals surface area contributed by atoms with Crippen molar-refractivity contribution in [2.45, 2.75) is 6.92 Å². The molecule has 0 aliphatic heterocycles. The molecule has 7 heteroatoms. The van der Waals surface area contributed by atoms with Gasteiger partial charge in [0.05, 0.1) is 12.6 Å². The van der Waals surface area contributed by atoms with Crippen molar-refractivity contribution in [3.63, 3.8) is 0 Å². The third-order valence-electron chi connectivity index (χ3n) is 4.91. The quantitative estimate of drug-likeness (QED) is 0.320. The first kappa shape index (κ1) is 20.0. The first-order valence-corrected chi connectivity index (χ1v) is 10.9. The van der Waals surface area contributed by atoms with E-state index in [1.54, 1.807) is 13.3 Å². The lowest BCUT2D eigenvalue weighted by molar-refractivity contribution is 0.415. The first-order chi connectivity index (χ1) is 15.7. The predicted octanol–water partition coefficient (Wildman–Crippen LogP) is 6.61. The van der Waals surface area contributed by atoms with Crippen molar-refractivity contribution in [3.05, 3.63) is 84.6 Å². The second kappa shape index (κ2) is 8.64. The number of aryl methyl sites for hydroxylation is 1. The Morgan fingerprint density at radius 1 is 0.875 bits per heavy atom. The summed E-state index contributed by atoms with van der Waals surface area (Å²) in [6.07, 6.45) is 1.73. The number of hydrogen-bond donors (Lipinski definition) is 1. The van der Waals surface area contributed by atoms with E-state index in [0.717, 1.165) is 43.8 Å². The Labute approximate surface area is 189 Å². The maximum atomic E-state index is 6.20. The molecule has 0 fully saturated rings. The van der Waals surface area contributed by atoms with Crippen LogP contribution in [0, 0.1) is 6.92 Å². The average molecular weight is 441 g/mol. The highest BCUT2D eigenvalue weighted by molar-refractivity contribution is 7.18. The van der Waals surface area contributed by atoms with Gasteiger partial charge >= 0.3 is 0 Å². The molecule has 0 aliphatic rings. The van der Waals surface area contributed by atoms with Crippen LogP contribution in [0.2, 0.25) is 0 Å². The van der Waals surface area contributed by atoms with Gasteiger partial charge in [-0.15, -0.1) is 10.2 Å². The van der Waals surface area contributed by atoms with Crippen molar-refractivity contribution >= 4 is 33.1 Å². The highest BCUT2D eigenvalue weighted by Gasteiger charge is 2.10. The van der Waals surface area contributed by atoms with E-state index in [0.29, 0.717) is 5.75 Å². The highest BCUT2D eigenvalue weighted by Crippen LogP contribution is 2.34. The fraction of sp³-hybridized carbons (Fsp3) is 0.0800. The molecular formula is C25H20N4O2S. The fourth-order valence-electron chi connectivity index (χ4n) is 3.37. The van der Waals surface area contributed by atoms with Crippen LogP contribution in [0.25, 0.3) is 21.5 Å². The van der Waals surface area contributed by atoms with Gasteiger partial charge in [0.25, 0.3) is 0 Å². The van der Waals surface area contributed by atoms with Gasteiger partial charge < -0.3 is 14.8 Å². The van der Waals surface area contributed by atoms with Gasteiger partial charge in [-0.05, 0) is 55.0 Å². The molecule has 2 aromatic heterocycles. The lowest BCUT2D eigenvalue weighted by Crippen LogP contribution is -1.89. The Morgan fingerprint density at radius 3 is 2.66 bits per heavy atom. The van der Waals surface area contributed by atoms with E-state index in [9.17, 15) is 0 Å². The van der Waals surface area contributed by atoms with Crippen molar-refractivity contribution in [2.75, 3.05) is 12.4 Å². The zero-order valence-electron chi connectivity index (χ0n) is 17.6. The minimum atomic E-state index is 0.717. The monoisotopic (exact) mass is 440 g/mol. The number of benzene rings is 3. The number of nitrogens with zero attached hydrogens (tertiary/aromatic N) is 3. The van der Waals surface area contributed by atoms with Crippen molar-refractivity contribution in [1.82, 2.24) is 15.2 Å². The largest absolute Gasteiger partial charge is 0.497 e. The number of ether oxygens (including phenoxy) is 2. The Bertz CT molecular complexity index is 1400. The Hall–Kier alpha value is -3.97. The van der Waals surface area contributed by atoms with Crippen LogP contribution >= 0.6 is 11.3 Å². The number of nitrogens with one attached hydrogen (secondary N) is 1. The van der Waals surface area contributed by atoms with Crippen molar-refractivity contribution in [3.8, 4) is 27.8 Å². The zero-order valence-corrected chi connectivity index (χ0v) is 18.4. The second-order valence-corrected chi connectivity index (χ2v) is 8.21. The molecule has 0 atom stereocenters. The summed E-state index contributed by atoms with van der Waals surface area (Å²) in [4.78, 5) is 4.42. The molecule has 3 aromatic carbocycles. The van der Waals surface area contributed by atoms with Crippen LogP contribution in [0.15, 0.2) is 79.0 Å². The molecule has 0 amide bonds. The highest BCUT2D eigenvalue weighted by atomic mass is 32.1. The van der Waals surface area contributed by atoms with Gasteiger partial charge in [0.1, 0.15) is 22.3 Å². The molecule has 0 aliphatic carbocycles. The fourth-order valence-corrected chi connectivity index (χ4v) is 4.13. The third kappa shape index (κ3) is 4.24. The van der Waals surface area contributed by atoms with E-state index in [-0.39, 0.29) is 0 Å². The Morgan fingerprint density at radius 2 is 1.78 bits per heavy atom. The molecule has 0 saturated carbocycles. The van der Waals surface area contributed by atoms with E-state index < -0.39 is 0 Å². The first-order valence-electron chi connectivity index (χ1n) is 10.1. The van der Waals surface area contributed by atoms with Gasteiger partial charge in [-0.3, -0.25) is 4.98 Å². The topological polar surface area (TPSA) is 69.2 Å². The summed E-state index contributed by atoms with van der Waals surface area (Å²) in [6.45, 7) is 2.06. The number of anilines is 2. The maximum Gasteiger partial charge on any atom is 0.210 e. The van der Waals surface area contributed by atoms with E-state index >= 15 is 0 Å². The number of fused-ring (bicyclic) bond motifs is 1. The predicted molar refractivity (Wildman–Crippen MR) is 128 cm³/mol. The Kier molecular flexibility index (Phi) is 5.39. The summed E-state index contributed by atoms with van der Waals surface area (Å²) < 4.78 is 11.5. The number of methoxy groups -OCH3 is 1. The van der Waals surface area contributed by atoms with Crippen LogP contribution in [0.5, 0.6) is 17.2 Å². The molecule has 5 aromatic rings. The SMILES string of the molecule is COc1ccc2c(Oc3cccc(-c4nnc(Nc5cccc(C)c5)s4)c3)ccnc2c1. The summed E-state index contributed by atoms with van der Waals surface area (Å²) in [6, 6.07) is 23.6. The normalized spacial score (nSPS) is 10.8. The van der Waals surface area contributed by atoms with Gasteiger partial charge in [-0.2, -0.15) is 0 Å². The molecule has 0 spiro atoms. The zero-order chi connectivity index (χ0) is 21.9. The van der Waals surface area contributed by atoms with Crippen LogP contribution in [0.4, 0.5) is 10.8 Å². The average Bonchev–Trinajstić information content (AvgIpc) is 3.27. The summed E-state index contributed by atoms with van der Waals surface area (Å²) in [5.74, 6) is 2.21. The second-order valence-electron chi connectivity index (χ2n) is 7.23. The van der Waals surface area contributed by atoms with E-state index in [2.05, 4.69) is 39.6 Å². The van der Waals surface area contributed by atoms with Gasteiger partial charge in [-0.1, -0.05) is 35.6 Å². The molecule has 158 valence electrons. The van der Waals surface area contributed by atoms with Crippen LogP contribution in [0.1, 0.15) is 5.56 Å². The molecule has 6 nitrogen and oxygen atoms in total. The minimum absolute atomic E-state index is 0.717. The van der Waals surface area contributed by atoms with Crippen LogP contribution in [-0.4, -0.2) is 22.3 Å². The van der Waals surface area contributed by atoms with Crippen molar-refractivity contribution in [1.29, 1.82) is 0 Å². The van der Waals surface area contributed by atoms with Crippen LogP contribution in [-0.2, 0) is 0 Å². The van der Waals surface area contributed by atoms with Gasteiger partial charge in [0.15, 0.2) is 0 Å². The van der Waals surface area contributed by atoms with E-state index in [1.807, 2.05) is 60.7 Å². The number of pyridine rings is 1. The van der Waals surface area contributed by atoms with Crippen molar-refractivity contribution < 1.29 is 9.47 Å². The summed E-state index contributed by atoms with van der Waals surface area (Å²) in [5, 5.41) is 14.4. The minimum Gasteiger partial charge on any atom is -0.497 e. The molecule has 5 rings (SSSR count). The molecule has 0 radical (unpaired) electrons. The van der Waals surface area contributed by atoms with Crippen LogP contribution in [0.3, 0.4) is 0 Å².